The third-order valence-electron chi connectivity index (χ3n) is 6.67. The first kappa shape index (κ1) is 20.3. The maximum Gasteiger partial charge on any atom is 0.253 e. The molecule has 0 atom stereocenters. The number of amides is 2. The van der Waals surface area contributed by atoms with Gasteiger partial charge in [-0.25, -0.2) is 8.42 Å². The van der Waals surface area contributed by atoms with Crippen LogP contribution in [0.25, 0.3) is 0 Å². The Hall–Kier alpha value is -1.97. The molecule has 0 unspecified atom stereocenters. The number of nitrogens with zero attached hydrogens (tertiary/aromatic N) is 3. The lowest BCUT2D eigenvalue weighted by atomic mass is 9.85. The highest BCUT2D eigenvalue weighted by Crippen LogP contribution is 2.37. The Morgan fingerprint density at radius 2 is 1.72 bits per heavy atom. The van der Waals surface area contributed by atoms with Crippen molar-refractivity contribution in [2.24, 2.45) is 0 Å². The van der Waals surface area contributed by atoms with Gasteiger partial charge in [-0.3, -0.25) is 9.59 Å². The summed E-state index contributed by atoms with van der Waals surface area (Å²) in [6, 6.07) is 6.08. The summed E-state index contributed by atoms with van der Waals surface area (Å²) in [7, 11) is -1.57. The third-order valence-corrected chi connectivity index (χ3v) is 8.53. The molecule has 1 aromatic carbocycles. The highest BCUT2D eigenvalue weighted by atomic mass is 32.2. The fourth-order valence-corrected chi connectivity index (χ4v) is 6.15. The van der Waals surface area contributed by atoms with Crippen LogP contribution in [-0.4, -0.2) is 86.2 Å². The van der Waals surface area contributed by atoms with Crippen LogP contribution in [0.4, 0.5) is 0 Å². The quantitative estimate of drug-likeness (QED) is 0.770. The van der Waals surface area contributed by atoms with Crippen LogP contribution < -0.4 is 5.32 Å². The molecule has 9 heteroatoms. The Bertz CT molecular complexity index is 892. The number of nitrogens with one attached hydrogen (secondary N) is 1. The molecule has 3 saturated heterocycles. The molecule has 3 heterocycles. The van der Waals surface area contributed by atoms with Gasteiger partial charge >= 0.3 is 0 Å². The number of benzene rings is 1. The number of sulfonamides is 1. The normalized spacial score (nSPS) is 23.3. The summed E-state index contributed by atoms with van der Waals surface area (Å²) in [5.74, 6) is -0.357. The number of hydrogen-bond donors (Lipinski definition) is 1. The molecule has 0 aromatic heterocycles. The van der Waals surface area contributed by atoms with Crippen molar-refractivity contribution in [3.8, 4) is 0 Å². The molecular formula is C20H28N4O4S. The first-order chi connectivity index (χ1) is 13.8. The number of piperazine rings is 1. The molecule has 3 aliphatic heterocycles. The molecule has 3 aliphatic rings. The summed E-state index contributed by atoms with van der Waals surface area (Å²) >= 11 is 0. The highest BCUT2D eigenvalue weighted by Gasteiger charge is 2.42. The molecule has 1 N–H and O–H groups in total. The molecule has 0 bridgehead atoms. The molecule has 3 fully saturated rings. The molecule has 8 nitrogen and oxygen atoms in total. The zero-order chi connectivity index (χ0) is 20.6. The molecule has 1 spiro atoms. The van der Waals surface area contributed by atoms with E-state index in [4.69, 9.17) is 0 Å². The monoisotopic (exact) mass is 420 g/mol. The topological polar surface area (TPSA) is 90.0 Å². The van der Waals surface area contributed by atoms with Crippen molar-refractivity contribution in [3.05, 3.63) is 29.8 Å². The van der Waals surface area contributed by atoms with Crippen molar-refractivity contribution < 1.29 is 18.0 Å². The van der Waals surface area contributed by atoms with Gasteiger partial charge in [0.05, 0.1) is 11.4 Å². The molecule has 0 saturated carbocycles. The van der Waals surface area contributed by atoms with E-state index in [2.05, 4.69) is 17.3 Å². The van der Waals surface area contributed by atoms with Gasteiger partial charge in [0.1, 0.15) is 0 Å². The second kappa shape index (κ2) is 7.70. The SMILES string of the molecule is CN1CCCC12CCN(C(=O)c1ccc(S(=O)(=O)N3CCNC(=O)C3)cc1)CC2. The van der Waals surface area contributed by atoms with E-state index in [1.807, 2.05) is 4.90 Å². The summed E-state index contributed by atoms with van der Waals surface area (Å²) in [5, 5.41) is 2.62. The Balaban J connectivity index is 1.43. The van der Waals surface area contributed by atoms with Crippen LogP contribution in [-0.2, 0) is 14.8 Å². The minimum Gasteiger partial charge on any atom is -0.354 e. The van der Waals surface area contributed by atoms with E-state index in [-0.39, 0.29) is 35.3 Å². The minimum absolute atomic E-state index is 0.0539. The van der Waals surface area contributed by atoms with Gasteiger partial charge in [-0.15, -0.1) is 0 Å². The first-order valence-electron chi connectivity index (χ1n) is 10.2. The largest absolute Gasteiger partial charge is 0.354 e. The van der Waals surface area contributed by atoms with Crippen molar-refractivity contribution in [3.63, 3.8) is 0 Å². The maximum atomic E-state index is 12.9. The molecule has 158 valence electrons. The zero-order valence-electron chi connectivity index (χ0n) is 16.8. The molecule has 4 rings (SSSR count). The van der Waals surface area contributed by atoms with Gasteiger partial charge in [-0.1, -0.05) is 0 Å². The summed E-state index contributed by atoms with van der Waals surface area (Å²) < 4.78 is 26.6. The average molecular weight is 421 g/mol. The van der Waals surface area contributed by atoms with Crippen molar-refractivity contribution in [1.82, 2.24) is 19.4 Å². The van der Waals surface area contributed by atoms with E-state index in [0.717, 1.165) is 32.5 Å². The number of piperidine rings is 1. The van der Waals surface area contributed by atoms with E-state index >= 15 is 0 Å². The number of likely N-dealkylation sites (tertiary alicyclic amines) is 2. The van der Waals surface area contributed by atoms with E-state index in [1.54, 1.807) is 12.1 Å². The molecular weight excluding hydrogens is 392 g/mol. The van der Waals surface area contributed by atoms with E-state index < -0.39 is 10.0 Å². The third kappa shape index (κ3) is 3.78. The van der Waals surface area contributed by atoms with Gasteiger partial charge in [-0.05, 0) is 63.5 Å². The predicted molar refractivity (Wildman–Crippen MR) is 108 cm³/mol. The van der Waals surface area contributed by atoms with Crippen LogP contribution in [0, 0.1) is 0 Å². The number of carbonyl (C=O) groups excluding carboxylic acids is 2. The van der Waals surface area contributed by atoms with Crippen LogP contribution in [0.3, 0.4) is 0 Å². The van der Waals surface area contributed by atoms with Gasteiger partial charge in [0.15, 0.2) is 0 Å². The second-order valence-electron chi connectivity index (χ2n) is 8.25. The Kier molecular flexibility index (Phi) is 5.39. The predicted octanol–water partition coefficient (Wildman–Crippen LogP) is 0.508. The van der Waals surface area contributed by atoms with Gasteiger partial charge in [0, 0.05) is 37.3 Å². The van der Waals surface area contributed by atoms with E-state index in [9.17, 15) is 18.0 Å². The number of rotatable bonds is 3. The Labute approximate surface area is 171 Å². The van der Waals surface area contributed by atoms with Gasteiger partial charge < -0.3 is 15.1 Å². The molecule has 2 amide bonds. The van der Waals surface area contributed by atoms with Crippen molar-refractivity contribution >= 4 is 21.8 Å². The van der Waals surface area contributed by atoms with Gasteiger partial charge in [-0.2, -0.15) is 4.31 Å². The lowest BCUT2D eigenvalue weighted by Crippen LogP contribution is -2.52. The van der Waals surface area contributed by atoms with Crippen LogP contribution in [0.2, 0.25) is 0 Å². The number of hydrogen-bond acceptors (Lipinski definition) is 5. The smallest absolute Gasteiger partial charge is 0.253 e. The van der Waals surface area contributed by atoms with Crippen LogP contribution in [0.5, 0.6) is 0 Å². The van der Waals surface area contributed by atoms with Gasteiger partial charge in [0.2, 0.25) is 15.9 Å². The Morgan fingerprint density at radius 1 is 1.03 bits per heavy atom. The standard InChI is InChI=1S/C20H28N4O4S/c1-22-11-2-7-20(22)8-12-23(13-9-20)19(26)16-3-5-17(6-4-16)29(27,28)24-14-10-21-18(25)15-24/h3-6H,2,7-15H2,1H3,(H,21,25). The fourth-order valence-electron chi connectivity index (χ4n) is 4.75. The lowest BCUT2D eigenvalue weighted by Gasteiger charge is -2.43. The summed E-state index contributed by atoms with van der Waals surface area (Å²) in [5.41, 5.74) is 0.742. The molecule has 0 radical (unpaired) electrons. The Morgan fingerprint density at radius 3 is 2.31 bits per heavy atom. The maximum absolute atomic E-state index is 12.9. The molecule has 1 aromatic rings. The summed E-state index contributed by atoms with van der Waals surface area (Å²) in [4.78, 5) is 28.8. The van der Waals surface area contributed by atoms with Crippen molar-refractivity contribution in [2.45, 2.75) is 36.1 Å². The molecule has 29 heavy (non-hydrogen) atoms. The van der Waals surface area contributed by atoms with Crippen molar-refractivity contribution in [2.75, 3.05) is 46.3 Å². The fraction of sp³-hybridized carbons (Fsp3) is 0.600. The molecule has 0 aliphatic carbocycles. The number of carbonyl (C=O) groups is 2. The highest BCUT2D eigenvalue weighted by molar-refractivity contribution is 7.89. The van der Waals surface area contributed by atoms with Crippen molar-refractivity contribution in [1.29, 1.82) is 0 Å². The van der Waals surface area contributed by atoms with Crippen LogP contribution >= 0.6 is 0 Å². The summed E-state index contributed by atoms with van der Waals surface area (Å²) in [6.45, 7) is 2.97. The second-order valence-corrected chi connectivity index (χ2v) is 10.2. The first-order valence-corrected chi connectivity index (χ1v) is 11.6. The average Bonchev–Trinajstić information content (AvgIpc) is 3.08. The lowest BCUT2D eigenvalue weighted by molar-refractivity contribution is -0.122. The van der Waals surface area contributed by atoms with E-state index in [0.29, 0.717) is 12.1 Å². The summed E-state index contributed by atoms with van der Waals surface area (Å²) in [6.07, 6.45) is 4.39. The van der Waals surface area contributed by atoms with Gasteiger partial charge in [0.25, 0.3) is 5.91 Å². The van der Waals surface area contributed by atoms with E-state index in [1.165, 1.54) is 29.3 Å². The van der Waals surface area contributed by atoms with Crippen LogP contribution in [0.1, 0.15) is 36.0 Å². The zero-order valence-corrected chi connectivity index (χ0v) is 17.6. The van der Waals surface area contributed by atoms with Crippen LogP contribution in [0.15, 0.2) is 29.2 Å². The minimum atomic E-state index is -3.74.